The molecular weight excluding hydrogens is 342 g/mol. The van der Waals surface area contributed by atoms with Crippen LogP contribution in [-0.4, -0.2) is 17.7 Å². The van der Waals surface area contributed by atoms with Crippen molar-refractivity contribution in [2.75, 3.05) is 16.0 Å². The van der Waals surface area contributed by atoms with Crippen LogP contribution in [0.1, 0.15) is 33.3 Å². The summed E-state index contributed by atoms with van der Waals surface area (Å²) in [5, 5.41) is 8.17. The Morgan fingerprint density at radius 2 is 1.11 bits per heavy atom. The average molecular weight is 367 g/mol. The van der Waals surface area contributed by atoms with Gasteiger partial charge in [0.1, 0.15) is 5.41 Å². The van der Waals surface area contributed by atoms with Gasteiger partial charge in [-0.05, 0) is 62.2 Å². The fourth-order valence-electron chi connectivity index (χ4n) is 2.34. The van der Waals surface area contributed by atoms with Gasteiger partial charge in [0.05, 0.1) is 0 Å². The SMILES string of the molecule is CCc1ccc(NC(=O)C(C)(C)C(=O)Nc2ccc(NC(C)=O)cc2)cc1. The van der Waals surface area contributed by atoms with Gasteiger partial charge >= 0.3 is 0 Å². The zero-order chi connectivity index (χ0) is 20.0. The van der Waals surface area contributed by atoms with Crippen molar-refractivity contribution in [2.45, 2.75) is 34.1 Å². The fraction of sp³-hybridized carbons (Fsp3) is 0.286. The van der Waals surface area contributed by atoms with Crippen LogP contribution in [0, 0.1) is 5.41 Å². The Bertz CT molecular complexity index is 825. The summed E-state index contributed by atoms with van der Waals surface area (Å²) in [4.78, 5) is 36.2. The summed E-state index contributed by atoms with van der Waals surface area (Å²) in [5.74, 6) is -0.979. The number of benzene rings is 2. The molecule has 0 aromatic heterocycles. The highest BCUT2D eigenvalue weighted by Gasteiger charge is 2.36. The van der Waals surface area contributed by atoms with E-state index in [-0.39, 0.29) is 11.8 Å². The molecule has 0 saturated heterocycles. The van der Waals surface area contributed by atoms with Crippen molar-refractivity contribution in [1.82, 2.24) is 0 Å². The second kappa shape index (κ2) is 8.49. The van der Waals surface area contributed by atoms with Gasteiger partial charge in [0.25, 0.3) is 0 Å². The Hall–Kier alpha value is -3.15. The van der Waals surface area contributed by atoms with Gasteiger partial charge in [-0.3, -0.25) is 14.4 Å². The predicted molar refractivity (Wildman–Crippen MR) is 108 cm³/mol. The zero-order valence-corrected chi connectivity index (χ0v) is 16.1. The maximum atomic E-state index is 12.6. The van der Waals surface area contributed by atoms with Gasteiger partial charge in [-0.25, -0.2) is 0 Å². The molecule has 0 aliphatic heterocycles. The third-order valence-electron chi connectivity index (χ3n) is 4.22. The van der Waals surface area contributed by atoms with Crippen LogP contribution in [-0.2, 0) is 20.8 Å². The average Bonchev–Trinajstić information content (AvgIpc) is 2.63. The lowest BCUT2D eigenvalue weighted by atomic mass is 9.90. The molecule has 27 heavy (non-hydrogen) atoms. The van der Waals surface area contributed by atoms with Crippen LogP contribution in [0.5, 0.6) is 0 Å². The van der Waals surface area contributed by atoms with Crippen molar-refractivity contribution in [3.05, 3.63) is 54.1 Å². The molecule has 0 fully saturated rings. The molecule has 2 aromatic carbocycles. The minimum absolute atomic E-state index is 0.170. The molecule has 0 spiro atoms. The number of carbonyl (C=O) groups excluding carboxylic acids is 3. The lowest BCUT2D eigenvalue weighted by molar-refractivity contribution is -0.135. The van der Waals surface area contributed by atoms with Crippen LogP contribution in [0.2, 0.25) is 0 Å². The second-order valence-electron chi connectivity index (χ2n) is 6.84. The van der Waals surface area contributed by atoms with E-state index in [0.717, 1.165) is 6.42 Å². The van der Waals surface area contributed by atoms with Gasteiger partial charge in [-0.2, -0.15) is 0 Å². The first-order chi connectivity index (χ1) is 12.7. The normalized spacial score (nSPS) is 10.8. The molecule has 6 nitrogen and oxygen atoms in total. The number of carbonyl (C=O) groups is 3. The second-order valence-corrected chi connectivity index (χ2v) is 6.84. The maximum Gasteiger partial charge on any atom is 0.239 e. The Labute approximate surface area is 159 Å². The molecule has 2 aromatic rings. The molecule has 0 atom stereocenters. The Morgan fingerprint density at radius 3 is 1.48 bits per heavy atom. The number of aryl methyl sites for hydroxylation is 1. The van der Waals surface area contributed by atoms with E-state index in [1.165, 1.54) is 12.5 Å². The number of amides is 3. The smallest absolute Gasteiger partial charge is 0.239 e. The molecule has 3 N–H and O–H groups in total. The van der Waals surface area contributed by atoms with E-state index < -0.39 is 11.3 Å². The fourth-order valence-corrected chi connectivity index (χ4v) is 2.34. The van der Waals surface area contributed by atoms with Gasteiger partial charge in [0.2, 0.25) is 17.7 Å². The van der Waals surface area contributed by atoms with E-state index in [0.29, 0.717) is 17.1 Å². The summed E-state index contributed by atoms with van der Waals surface area (Å²) < 4.78 is 0. The highest BCUT2D eigenvalue weighted by atomic mass is 16.2. The molecule has 0 radical (unpaired) electrons. The predicted octanol–water partition coefficient (Wildman–Crippen LogP) is 3.81. The lowest BCUT2D eigenvalue weighted by Gasteiger charge is -2.23. The monoisotopic (exact) mass is 367 g/mol. The van der Waals surface area contributed by atoms with Crippen molar-refractivity contribution in [2.24, 2.45) is 5.41 Å². The van der Waals surface area contributed by atoms with Crippen LogP contribution < -0.4 is 16.0 Å². The van der Waals surface area contributed by atoms with Crippen LogP contribution >= 0.6 is 0 Å². The van der Waals surface area contributed by atoms with Crippen LogP contribution in [0.3, 0.4) is 0 Å². The largest absolute Gasteiger partial charge is 0.326 e. The Morgan fingerprint density at radius 1 is 0.741 bits per heavy atom. The van der Waals surface area contributed by atoms with Crippen molar-refractivity contribution < 1.29 is 14.4 Å². The highest BCUT2D eigenvalue weighted by Crippen LogP contribution is 2.22. The van der Waals surface area contributed by atoms with E-state index >= 15 is 0 Å². The van der Waals surface area contributed by atoms with Crippen molar-refractivity contribution in [3.8, 4) is 0 Å². The van der Waals surface area contributed by atoms with E-state index in [2.05, 4.69) is 22.9 Å². The molecule has 0 unspecified atom stereocenters. The van der Waals surface area contributed by atoms with E-state index in [4.69, 9.17) is 0 Å². The Kier molecular flexibility index (Phi) is 6.34. The molecule has 0 saturated carbocycles. The van der Waals surface area contributed by atoms with Gasteiger partial charge in [0, 0.05) is 24.0 Å². The molecule has 6 heteroatoms. The summed E-state index contributed by atoms with van der Waals surface area (Å²) >= 11 is 0. The molecule has 3 amide bonds. The van der Waals surface area contributed by atoms with E-state index in [1.54, 1.807) is 38.1 Å². The van der Waals surface area contributed by atoms with Gasteiger partial charge < -0.3 is 16.0 Å². The molecule has 0 aliphatic rings. The van der Waals surface area contributed by atoms with Gasteiger partial charge in [-0.15, -0.1) is 0 Å². The summed E-state index contributed by atoms with van der Waals surface area (Å²) in [6.07, 6.45) is 0.919. The highest BCUT2D eigenvalue weighted by molar-refractivity contribution is 6.14. The maximum absolute atomic E-state index is 12.6. The Balaban J connectivity index is 2.02. The van der Waals surface area contributed by atoms with Gasteiger partial charge in [0.15, 0.2) is 0 Å². The summed E-state index contributed by atoms with van der Waals surface area (Å²) in [6.45, 7) is 6.63. The number of hydrogen-bond donors (Lipinski definition) is 3. The van der Waals surface area contributed by atoms with E-state index in [9.17, 15) is 14.4 Å². The van der Waals surface area contributed by atoms with Gasteiger partial charge in [-0.1, -0.05) is 19.1 Å². The zero-order valence-electron chi connectivity index (χ0n) is 16.1. The molecule has 0 bridgehead atoms. The molecule has 0 heterocycles. The lowest BCUT2D eigenvalue weighted by Crippen LogP contribution is -2.41. The van der Waals surface area contributed by atoms with Crippen molar-refractivity contribution in [1.29, 1.82) is 0 Å². The summed E-state index contributed by atoms with van der Waals surface area (Å²) in [5.41, 5.74) is 1.74. The standard InChI is InChI=1S/C21H25N3O3/c1-5-15-6-8-17(9-7-15)23-19(26)21(3,4)20(27)24-18-12-10-16(11-13-18)22-14(2)25/h6-13H,5H2,1-4H3,(H,22,25)(H,23,26)(H,24,27). The molecular formula is C21H25N3O3. The number of hydrogen-bond acceptors (Lipinski definition) is 3. The van der Waals surface area contributed by atoms with Crippen molar-refractivity contribution >= 4 is 34.8 Å². The number of nitrogens with one attached hydrogen (secondary N) is 3. The third kappa shape index (κ3) is 5.41. The first-order valence-corrected chi connectivity index (χ1v) is 8.82. The summed E-state index contributed by atoms with van der Waals surface area (Å²) in [7, 11) is 0. The third-order valence-corrected chi connectivity index (χ3v) is 4.22. The van der Waals surface area contributed by atoms with Crippen molar-refractivity contribution in [3.63, 3.8) is 0 Å². The topological polar surface area (TPSA) is 87.3 Å². The molecule has 2 rings (SSSR count). The minimum atomic E-state index is -1.26. The van der Waals surface area contributed by atoms with Crippen LogP contribution in [0.4, 0.5) is 17.1 Å². The van der Waals surface area contributed by atoms with Crippen LogP contribution in [0.25, 0.3) is 0 Å². The first-order valence-electron chi connectivity index (χ1n) is 8.82. The number of anilines is 3. The van der Waals surface area contributed by atoms with E-state index in [1.807, 2.05) is 24.3 Å². The summed E-state index contributed by atoms with van der Waals surface area (Å²) in [6, 6.07) is 14.2. The van der Waals surface area contributed by atoms with Crippen LogP contribution in [0.15, 0.2) is 48.5 Å². The quantitative estimate of drug-likeness (QED) is 0.679. The number of rotatable bonds is 6. The minimum Gasteiger partial charge on any atom is -0.326 e. The molecule has 0 aliphatic carbocycles. The molecule has 142 valence electrons. The first kappa shape index (κ1) is 20.2.